The van der Waals surface area contributed by atoms with Crippen molar-refractivity contribution in [3.8, 4) is 0 Å². The monoisotopic (exact) mass is 433 g/mol. The maximum absolute atomic E-state index is 12.6. The number of hydrogen-bond acceptors (Lipinski definition) is 9. The Bertz CT molecular complexity index is 784. The SMILES string of the molecule is [2H]Cc1ccc(S(=O)(=O)OC[C@H]2OC(OC)[C@H](OC)[C@@H](OC)[C@@H]2OC(=O)CC)cc1. The van der Waals surface area contributed by atoms with E-state index in [1.165, 1.54) is 45.6 Å². The highest BCUT2D eigenvalue weighted by molar-refractivity contribution is 7.86. The van der Waals surface area contributed by atoms with Crippen molar-refractivity contribution in [2.24, 2.45) is 0 Å². The van der Waals surface area contributed by atoms with E-state index in [2.05, 4.69) is 0 Å². The minimum Gasteiger partial charge on any atom is -0.457 e. The molecule has 1 aromatic rings. The summed E-state index contributed by atoms with van der Waals surface area (Å²) in [4.78, 5) is 11.9. The van der Waals surface area contributed by atoms with Crippen LogP contribution < -0.4 is 0 Å². The van der Waals surface area contributed by atoms with Crippen molar-refractivity contribution in [1.82, 2.24) is 0 Å². The second kappa shape index (κ2) is 10.5. The molecule has 29 heavy (non-hydrogen) atoms. The molecule has 1 aliphatic rings. The normalized spacial score (nSPS) is 28.0. The van der Waals surface area contributed by atoms with E-state index in [-0.39, 0.29) is 18.2 Å². The molecule has 0 radical (unpaired) electrons. The fourth-order valence-corrected chi connectivity index (χ4v) is 3.90. The number of aryl methyl sites for hydroxylation is 1. The summed E-state index contributed by atoms with van der Waals surface area (Å²) in [6.07, 6.45) is -4.20. The third-order valence-corrected chi connectivity index (χ3v) is 5.82. The molecule has 1 fully saturated rings. The first-order valence-electron chi connectivity index (χ1n) is 9.72. The van der Waals surface area contributed by atoms with Crippen LogP contribution in [0.15, 0.2) is 29.2 Å². The lowest BCUT2D eigenvalue weighted by molar-refractivity contribution is -0.304. The minimum atomic E-state index is -4.10. The summed E-state index contributed by atoms with van der Waals surface area (Å²) in [5.41, 5.74) is 0.674. The Labute approximate surface area is 172 Å². The molecular weight excluding hydrogens is 404 g/mol. The van der Waals surface area contributed by atoms with Crippen LogP contribution in [-0.4, -0.2) is 73.0 Å². The molecule has 0 N–H and O–H groups in total. The topological polar surface area (TPSA) is 107 Å². The zero-order valence-corrected chi connectivity index (χ0v) is 17.7. The molecule has 0 spiro atoms. The molecule has 10 heteroatoms. The van der Waals surface area contributed by atoms with Gasteiger partial charge < -0.3 is 23.7 Å². The molecule has 2 rings (SSSR count). The van der Waals surface area contributed by atoms with E-state index in [9.17, 15) is 13.2 Å². The number of hydrogen-bond donors (Lipinski definition) is 0. The number of carbonyl (C=O) groups is 1. The number of methoxy groups -OCH3 is 3. The number of benzene rings is 1. The summed E-state index contributed by atoms with van der Waals surface area (Å²) >= 11 is 0. The van der Waals surface area contributed by atoms with E-state index in [1.54, 1.807) is 6.92 Å². The van der Waals surface area contributed by atoms with Crippen LogP contribution in [-0.2, 0) is 42.8 Å². The number of ether oxygens (including phenoxy) is 5. The summed E-state index contributed by atoms with van der Waals surface area (Å²) in [6.45, 7) is 1.25. The first-order valence-corrected chi connectivity index (χ1v) is 10.4. The van der Waals surface area contributed by atoms with Gasteiger partial charge in [0.25, 0.3) is 10.1 Å². The van der Waals surface area contributed by atoms with Crippen LogP contribution in [0.3, 0.4) is 0 Å². The van der Waals surface area contributed by atoms with Crippen molar-refractivity contribution < 1.29 is 42.5 Å². The standard InChI is InChI=1S/C19H28O9S/c1-6-15(20)28-16-14(27-19(25-5)18(24-4)17(16)23-3)11-26-29(21,22)13-9-7-12(2)8-10-13/h7-10,14,16-19H,6,11H2,1-5H3/t14-,16-,17+,18-,19?/m1/s1/i2D. The van der Waals surface area contributed by atoms with Crippen LogP contribution in [0.1, 0.15) is 20.3 Å². The van der Waals surface area contributed by atoms with E-state index in [1.807, 2.05) is 0 Å². The molecule has 0 aliphatic carbocycles. The van der Waals surface area contributed by atoms with Gasteiger partial charge in [0, 0.05) is 29.1 Å². The van der Waals surface area contributed by atoms with Crippen LogP contribution in [0.25, 0.3) is 0 Å². The molecule has 1 unspecified atom stereocenters. The molecule has 9 nitrogen and oxygen atoms in total. The first-order chi connectivity index (χ1) is 14.3. The lowest BCUT2D eigenvalue weighted by atomic mass is 9.98. The largest absolute Gasteiger partial charge is 0.457 e. The molecule has 0 aromatic heterocycles. The Hall–Kier alpha value is -1.56. The molecule has 0 saturated carbocycles. The van der Waals surface area contributed by atoms with Crippen molar-refractivity contribution >= 4 is 16.1 Å². The lowest BCUT2D eigenvalue weighted by Crippen LogP contribution is -2.61. The highest BCUT2D eigenvalue weighted by atomic mass is 32.2. The highest BCUT2D eigenvalue weighted by Crippen LogP contribution is 2.29. The molecular formula is C19H28O9S. The zero-order valence-electron chi connectivity index (χ0n) is 17.9. The van der Waals surface area contributed by atoms with Crippen LogP contribution in [0.2, 0.25) is 0 Å². The molecule has 164 valence electrons. The summed E-state index contributed by atoms with van der Waals surface area (Å²) in [7, 11) is 0.161. The van der Waals surface area contributed by atoms with E-state index in [0.717, 1.165) is 0 Å². The Morgan fingerprint density at radius 3 is 2.24 bits per heavy atom. The minimum absolute atomic E-state index is 0.0407. The van der Waals surface area contributed by atoms with Crippen LogP contribution in [0.4, 0.5) is 0 Å². The predicted octanol–water partition coefficient (Wildman–Crippen LogP) is 1.42. The summed E-state index contributed by atoms with van der Waals surface area (Å²) in [5.74, 6) is -0.504. The molecule has 1 saturated heterocycles. The van der Waals surface area contributed by atoms with Crippen molar-refractivity contribution in [3.05, 3.63) is 29.8 Å². The van der Waals surface area contributed by atoms with Gasteiger partial charge in [-0.15, -0.1) is 0 Å². The van der Waals surface area contributed by atoms with Gasteiger partial charge in [-0.05, 0) is 19.0 Å². The van der Waals surface area contributed by atoms with E-state index in [4.69, 9.17) is 29.2 Å². The highest BCUT2D eigenvalue weighted by Gasteiger charge is 2.49. The second-order valence-corrected chi connectivity index (χ2v) is 7.99. The zero-order chi connectivity index (χ0) is 22.3. The Morgan fingerprint density at radius 2 is 1.72 bits per heavy atom. The summed E-state index contributed by atoms with van der Waals surface area (Å²) in [5, 5.41) is 0. The molecule has 1 aliphatic heterocycles. The first kappa shape index (κ1) is 22.1. The van der Waals surface area contributed by atoms with Gasteiger partial charge in [0.15, 0.2) is 12.4 Å². The smallest absolute Gasteiger partial charge is 0.305 e. The average Bonchev–Trinajstić information content (AvgIpc) is 2.77. The van der Waals surface area contributed by atoms with Gasteiger partial charge in [0.2, 0.25) is 0 Å². The van der Waals surface area contributed by atoms with Gasteiger partial charge in [-0.3, -0.25) is 8.98 Å². The Kier molecular flexibility index (Phi) is 7.99. The quantitative estimate of drug-likeness (QED) is 0.422. The van der Waals surface area contributed by atoms with E-state index < -0.39 is 53.4 Å². The van der Waals surface area contributed by atoms with E-state index >= 15 is 0 Å². The van der Waals surface area contributed by atoms with Crippen molar-refractivity contribution in [2.45, 2.75) is 55.8 Å². The molecule has 5 atom stereocenters. The van der Waals surface area contributed by atoms with Gasteiger partial charge in [0.1, 0.15) is 18.3 Å². The molecule has 1 aromatic carbocycles. The summed E-state index contributed by atoms with van der Waals surface area (Å²) < 4.78 is 65.0. The van der Waals surface area contributed by atoms with Crippen LogP contribution >= 0.6 is 0 Å². The second-order valence-electron chi connectivity index (χ2n) is 6.37. The molecule has 1 heterocycles. The summed E-state index contributed by atoms with van der Waals surface area (Å²) in [6, 6.07) is 5.81. The van der Waals surface area contributed by atoms with Crippen molar-refractivity contribution in [3.63, 3.8) is 0 Å². The third-order valence-electron chi connectivity index (χ3n) is 4.52. The van der Waals surface area contributed by atoms with Crippen LogP contribution in [0.5, 0.6) is 0 Å². The van der Waals surface area contributed by atoms with Gasteiger partial charge in [-0.1, -0.05) is 24.6 Å². The molecule has 0 bridgehead atoms. The predicted molar refractivity (Wildman–Crippen MR) is 102 cm³/mol. The third kappa shape index (κ3) is 5.74. The Balaban J connectivity index is 2.22. The van der Waals surface area contributed by atoms with Gasteiger partial charge in [0.05, 0.1) is 11.5 Å². The maximum Gasteiger partial charge on any atom is 0.305 e. The number of rotatable bonds is 9. The Morgan fingerprint density at radius 1 is 1.07 bits per heavy atom. The average molecular weight is 433 g/mol. The van der Waals surface area contributed by atoms with Crippen molar-refractivity contribution in [2.75, 3.05) is 27.9 Å². The van der Waals surface area contributed by atoms with Gasteiger partial charge in [-0.25, -0.2) is 0 Å². The van der Waals surface area contributed by atoms with Crippen LogP contribution in [0, 0.1) is 6.90 Å². The number of esters is 1. The fraction of sp³-hybridized carbons (Fsp3) is 0.632. The van der Waals surface area contributed by atoms with Crippen molar-refractivity contribution in [1.29, 1.82) is 0 Å². The maximum atomic E-state index is 12.6. The van der Waals surface area contributed by atoms with Gasteiger partial charge in [-0.2, -0.15) is 8.42 Å². The van der Waals surface area contributed by atoms with E-state index in [0.29, 0.717) is 5.56 Å². The molecule has 0 amide bonds. The lowest BCUT2D eigenvalue weighted by Gasteiger charge is -2.44. The van der Waals surface area contributed by atoms with Gasteiger partial charge >= 0.3 is 5.97 Å². The fourth-order valence-electron chi connectivity index (χ4n) is 2.98. The number of carbonyl (C=O) groups excluding carboxylic acids is 1.